The van der Waals surface area contributed by atoms with E-state index in [-0.39, 0.29) is 0 Å². The molecule has 34 heavy (non-hydrogen) atoms. The molecule has 1 aromatic carbocycles. The lowest BCUT2D eigenvalue weighted by atomic mass is 9.68. The number of benzene rings is 1. The number of allylic oxidation sites excluding steroid dienone is 4. The van der Waals surface area contributed by atoms with E-state index in [2.05, 4.69) is 31.2 Å². The summed E-state index contributed by atoms with van der Waals surface area (Å²) < 4.78 is 12.8. The van der Waals surface area contributed by atoms with Gasteiger partial charge in [-0.3, -0.25) is 0 Å². The van der Waals surface area contributed by atoms with Gasteiger partial charge in [0.15, 0.2) is 5.83 Å². The first-order valence-corrected chi connectivity index (χ1v) is 14.2. The molecule has 0 saturated heterocycles. The van der Waals surface area contributed by atoms with Crippen LogP contribution in [-0.4, -0.2) is 0 Å². The van der Waals surface area contributed by atoms with Gasteiger partial charge in [0.25, 0.3) is 0 Å². The summed E-state index contributed by atoms with van der Waals surface area (Å²) >= 11 is 0. The van der Waals surface area contributed by atoms with E-state index in [9.17, 15) is 4.39 Å². The fraction of sp³-hybridized carbons (Fsp3) is 0.656. The molecule has 0 spiro atoms. The molecule has 186 valence electrons. The Morgan fingerprint density at radius 2 is 1.41 bits per heavy atom. The van der Waals surface area contributed by atoms with Gasteiger partial charge in [-0.1, -0.05) is 88.3 Å². The lowest BCUT2D eigenvalue weighted by Crippen LogP contribution is -2.25. The van der Waals surface area contributed by atoms with Crippen LogP contribution in [0.5, 0.6) is 0 Å². The van der Waals surface area contributed by atoms with Crippen molar-refractivity contribution in [1.82, 2.24) is 0 Å². The van der Waals surface area contributed by atoms with E-state index in [1.165, 1.54) is 120 Å². The Bertz CT molecular complexity index is 783. The summed E-state index contributed by atoms with van der Waals surface area (Å²) in [7, 11) is 0. The summed E-state index contributed by atoms with van der Waals surface area (Å²) in [6.07, 6.45) is 26.5. The van der Waals surface area contributed by atoms with Gasteiger partial charge in [-0.05, 0) is 98.7 Å². The molecule has 0 aromatic heterocycles. The second-order valence-electron chi connectivity index (χ2n) is 11.0. The lowest BCUT2D eigenvalue weighted by Gasteiger charge is -2.38. The molecule has 2 aliphatic carbocycles. The van der Waals surface area contributed by atoms with E-state index in [0.717, 1.165) is 30.1 Å². The van der Waals surface area contributed by atoms with Crippen LogP contribution in [0, 0.1) is 35.0 Å². The molecular formula is C32H46FN. The Kier molecular flexibility index (Phi) is 11.9. The number of rotatable bonds is 12. The molecule has 0 unspecified atom stereocenters. The summed E-state index contributed by atoms with van der Waals surface area (Å²) in [4.78, 5) is 0. The number of aryl methyl sites for hydroxylation is 2. The average Bonchev–Trinajstić information content (AvgIpc) is 2.88. The molecule has 2 aliphatic rings. The number of hydrogen-bond acceptors (Lipinski definition) is 1. The van der Waals surface area contributed by atoms with Crippen LogP contribution >= 0.6 is 0 Å². The maximum Gasteiger partial charge on any atom is 0.199 e. The SMILES string of the molecule is CCCc1ccc(CCCC[C@H]2CC[C@H](C3CCC(CC/C=C/C=C(\F)C#N)CC3)CC2)cc1. The molecule has 2 fully saturated rings. The number of nitriles is 1. The van der Waals surface area contributed by atoms with Gasteiger partial charge in [0.1, 0.15) is 6.07 Å². The monoisotopic (exact) mass is 463 g/mol. The van der Waals surface area contributed by atoms with Crippen LogP contribution in [0.2, 0.25) is 0 Å². The minimum Gasteiger partial charge on any atom is -0.195 e. The van der Waals surface area contributed by atoms with Gasteiger partial charge in [-0.25, -0.2) is 0 Å². The molecule has 0 N–H and O–H groups in total. The molecule has 0 amide bonds. The Balaban J connectivity index is 1.24. The van der Waals surface area contributed by atoms with Crippen molar-refractivity contribution < 1.29 is 4.39 Å². The van der Waals surface area contributed by atoms with Crippen molar-refractivity contribution >= 4 is 0 Å². The third-order valence-corrected chi connectivity index (χ3v) is 8.57. The highest BCUT2D eigenvalue weighted by Gasteiger charge is 2.30. The van der Waals surface area contributed by atoms with Crippen LogP contribution < -0.4 is 0 Å². The zero-order chi connectivity index (χ0) is 24.0. The Morgan fingerprint density at radius 1 is 0.853 bits per heavy atom. The van der Waals surface area contributed by atoms with Crippen molar-refractivity contribution in [3.63, 3.8) is 0 Å². The molecule has 2 heteroatoms. The lowest BCUT2D eigenvalue weighted by molar-refractivity contribution is 0.140. The molecule has 0 aliphatic heterocycles. The van der Waals surface area contributed by atoms with Gasteiger partial charge in [0.05, 0.1) is 0 Å². The summed E-state index contributed by atoms with van der Waals surface area (Å²) in [5.74, 6) is 3.06. The third kappa shape index (κ3) is 9.40. The van der Waals surface area contributed by atoms with Gasteiger partial charge in [-0.2, -0.15) is 9.65 Å². The van der Waals surface area contributed by atoms with Gasteiger partial charge in [-0.15, -0.1) is 0 Å². The van der Waals surface area contributed by atoms with Crippen LogP contribution in [0.4, 0.5) is 4.39 Å². The predicted octanol–water partition coefficient (Wildman–Crippen LogP) is 9.68. The Morgan fingerprint density at radius 3 is 1.97 bits per heavy atom. The first-order valence-electron chi connectivity index (χ1n) is 14.2. The normalized spacial score (nSPS) is 26.0. The van der Waals surface area contributed by atoms with Crippen molar-refractivity contribution in [2.75, 3.05) is 0 Å². The summed E-state index contributed by atoms with van der Waals surface area (Å²) in [5.41, 5.74) is 2.99. The number of unbranched alkanes of at least 4 members (excludes halogenated alkanes) is 1. The highest BCUT2D eigenvalue weighted by molar-refractivity contribution is 5.22. The van der Waals surface area contributed by atoms with Gasteiger partial charge >= 0.3 is 0 Å². The quantitative estimate of drug-likeness (QED) is 0.172. The molecule has 0 atom stereocenters. The minimum atomic E-state index is -0.709. The third-order valence-electron chi connectivity index (χ3n) is 8.57. The molecule has 0 heterocycles. The van der Waals surface area contributed by atoms with Crippen molar-refractivity contribution in [2.45, 2.75) is 110 Å². The van der Waals surface area contributed by atoms with E-state index >= 15 is 0 Å². The van der Waals surface area contributed by atoms with Crippen molar-refractivity contribution in [2.24, 2.45) is 23.7 Å². The Hall–Kier alpha value is -1.88. The molecule has 0 radical (unpaired) electrons. The van der Waals surface area contributed by atoms with Crippen LogP contribution in [0.1, 0.15) is 108 Å². The number of hydrogen-bond donors (Lipinski definition) is 0. The van der Waals surface area contributed by atoms with E-state index in [1.54, 1.807) is 6.08 Å². The van der Waals surface area contributed by atoms with Gasteiger partial charge in [0, 0.05) is 0 Å². The molecule has 0 bridgehead atoms. The van der Waals surface area contributed by atoms with Gasteiger partial charge in [0.2, 0.25) is 0 Å². The largest absolute Gasteiger partial charge is 0.199 e. The van der Waals surface area contributed by atoms with Gasteiger partial charge < -0.3 is 0 Å². The smallest absolute Gasteiger partial charge is 0.195 e. The van der Waals surface area contributed by atoms with Crippen molar-refractivity contribution in [1.29, 1.82) is 5.26 Å². The highest BCUT2D eigenvalue weighted by atomic mass is 19.1. The summed E-state index contributed by atoms with van der Waals surface area (Å²) in [6.45, 7) is 2.25. The van der Waals surface area contributed by atoms with E-state index in [4.69, 9.17) is 5.26 Å². The topological polar surface area (TPSA) is 23.8 Å². The van der Waals surface area contributed by atoms with Crippen LogP contribution in [0.15, 0.2) is 48.3 Å². The molecular weight excluding hydrogens is 417 g/mol. The molecule has 1 aromatic rings. The number of nitrogens with zero attached hydrogens (tertiary/aromatic N) is 1. The molecule has 3 rings (SSSR count). The molecule has 1 nitrogen and oxygen atoms in total. The average molecular weight is 464 g/mol. The predicted molar refractivity (Wildman–Crippen MR) is 142 cm³/mol. The fourth-order valence-electron chi connectivity index (χ4n) is 6.44. The van der Waals surface area contributed by atoms with E-state index in [1.807, 2.05) is 6.08 Å². The first kappa shape index (κ1) is 26.7. The molecule has 2 saturated carbocycles. The summed E-state index contributed by atoms with van der Waals surface area (Å²) in [5, 5.41) is 8.42. The maximum atomic E-state index is 12.8. The van der Waals surface area contributed by atoms with E-state index < -0.39 is 5.83 Å². The van der Waals surface area contributed by atoms with Crippen LogP contribution in [-0.2, 0) is 12.8 Å². The second kappa shape index (κ2) is 15.2. The highest BCUT2D eigenvalue weighted by Crippen LogP contribution is 2.43. The minimum absolute atomic E-state index is 0.709. The zero-order valence-corrected chi connectivity index (χ0v) is 21.5. The standard InChI is InChI=1S/C32H46FN/c1-2-8-26-13-15-27(16-14-26)10-6-7-11-29-19-23-31(24-20-29)30-21-17-28(18-22-30)9-4-3-5-12-32(33)25-34/h3,5,12-16,28-31H,2,4,6-11,17-24H2,1H3/b5-3+,32-12-/t28?,29-,30?,31-. The van der Waals surface area contributed by atoms with Crippen molar-refractivity contribution in [3.8, 4) is 6.07 Å². The van der Waals surface area contributed by atoms with E-state index in [0.29, 0.717) is 0 Å². The second-order valence-corrected chi connectivity index (χ2v) is 11.0. The van der Waals surface area contributed by atoms with Crippen LogP contribution in [0.25, 0.3) is 0 Å². The summed E-state index contributed by atoms with van der Waals surface area (Å²) in [6, 6.07) is 10.8. The van der Waals surface area contributed by atoms with Crippen molar-refractivity contribution in [3.05, 3.63) is 59.4 Å². The maximum absolute atomic E-state index is 12.8. The fourth-order valence-corrected chi connectivity index (χ4v) is 6.44. The first-order chi connectivity index (χ1) is 16.7. The number of halogens is 1. The Labute approximate surface area is 208 Å². The zero-order valence-electron chi connectivity index (χ0n) is 21.5. The van der Waals surface area contributed by atoms with Crippen LogP contribution in [0.3, 0.4) is 0 Å².